The summed E-state index contributed by atoms with van der Waals surface area (Å²) in [5.41, 5.74) is 1.67. The first-order valence-corrected chi connectivity index (χ1v) is 8.02. The SMILES string of the molecule is Cc1ccc(C(=O)N2CCC[C@@H]2c2nnc3ccccn23)cc1F. The maximum absolute atomic E-state index is 13.8. The number of rotatable bonds is 2. The molecule has 0 aliphatic carbocycles. The van der Waals surface area contributed by atoms with Gasteiger partial charge in [-0.05, 0) is 49.6 Å². The van der Waals surface area contributed by atoms with Gasteiger partial charge in [0, 0.05) is 18.3 Å². The molecule has 0 bridgehead atoms. The van der Waals surface area contributed by atoms with Gasteiger partial charge in [-0.3, -0.25) is 9.20 Å². The van der Waals surface area contributed by atoms with E-state index in [1.54, 1.807) is 24.0 Å². The average Bonchev–Trinajstić information content (AvgIpc) is 3.22. The van der Waals surface area contributed by atoms with E-state index in [2.05, 4.69) is 10.2 Å². The molecule has 1 atom stereocenters. The number of hydrogen-bond donors (Lipinski definition) is 0. The van der Waals surface area contributed by atoms with Gasteiger partial charge in [0.05, 0.1) is 6.04 Å². The largest absolute Gasteiger partial charge is 0.328 e. The smallest absolute Gasteiger partial charge is 0.254 e. The Morgan fingerprint density at radius 1 is 1.25 bits per heavy atom. The molecule has 2 aromatic heterocycles. The number of fused-ring (bicyclic) bond motifs is 1. The summed E-state index contributed by atoms with van der Waals surface area (Å²) >= 11 is 0. The highest BCUT2D eigenvalue weighted by Gasteiger charge is 2.33. The molecule has 0 N–H and O–H groups in total. The molecule has 0 spiro atoms. The molecule has 1 aromatic carbocycles. The first-order valence-electron chi connectivity index (χ1n) is 8.02. The number of aryl methyl sites for hydroxylation is 1. The van der Waals surface area contributed by atoms with Gasteiger partial charge in [0.15, 0.2) is 11.5 Å². The van der Waals surface area contributed by atoms with Gasteiger partial charge < -0.3 is 4.90 Å². The van der Waals surface area contributed by atoms with Crippen LogP contribution in [0.1, 0.15) is 40.6 Å². The Bertz CT molecular complexity index is 920. The van der Waals surface area contributed by atoms with E-state index in [0.717, 1.165) is 24.3 Å². The summed E-state index contributed by atoms with van der Waals surface area (Å²) in [4.78, 5) is 14.6. The predicted molar refractivity (Wildman–Crippen MR) is 87.1 cm³/mol. The van der Waals surface area contributed by atoms with Crippen molar-refractivity contribution in [1.82, 2.24) is 19.5 Å². The number of hydrogen-bond acceptors (Lipinski definition) is 3. The van der Waals surface area contributed by atoms with Crippen molar-refractivity contribution in [3.8, 4) is 0 Å². The third kappa shape index (κ3) is 2.35. The highest BCUT2D eigenvalue weighted by atomic mass is 19.1. The summed E-state index contributed by atoms with van der Waals surface area (Å²) in [5, 5.41) is 8.45. The van der Waals surface area contributed by atoms with Crippen molar-refractivity contribution in [2.45, 2.75) is 25.8 Å². The normalized spacial score (nSPS) is 17.6. The summed E-state index contributed by atoms with van der Waals surface area (Å²) < 4.78 is 15.7. The molecule has 122 valence electrons. The van der Waals surface area contributed by atoms with Crippen LogP contribution in [0.5, 0.6) is 0 Å². The number of carbonyl (C=O) groups excluding carboxylic acids is 1. The van der Waals surface area contributed by atoms with Crippen LogP contribution in [0.15, 0.2) is 42.6 Å². The Labute approximate surface area is 138 Å². The van der Waals surface area contributed by atoms with Crippen LogP contribution < -0.4 is 0 Å². The van der Waals surface area contributed by atoms with Gasteiger partial charge in [-0.15, -0.1) is 10.2 Å². The van der Waals surface area contributed by atoms with Gasteiger partial charge in [0.2, 0.25) is 0 Å². The second-order valence-corrected chi connectivity index (χ2v) is 6.11. The van der Waals surface area contributed by atoms with Crippen LogP contribution in [-0.4, -0.2) is 31.9 Å². The Morgan fingerprint density at radius 2 is 2.12 bits per heavy atom. The lowest BCUT2D eigenvalue weighted by atomic mass is 10.1. The number of aromatic nitrogens is 3. The summed E-state index contributed by atoms with van der Waals surface area (Å²) in [7, 11) is 0. The lowest BCUT2D eigenvalue weighted by molar-refractivity contribution is 0.0728. The number of benzene rings is 1. The molecule has 1 aliphatic heterocycles. The first kappa shape index (κ1) is 14.8. The summed E-state index contributed by atoms with van der Waals surface area (Å²) in [5.74, 6) is 0.234. The van der Waals surface area contributed by atoms with E-state index in [4.69, 9.17) is 0 Å². The van der Waals surface area contributed by atoms with E-state index in [1.807, 2.05) is 28.8 Å². The van der Waals surface area contributed by atoms with Crippen molar-refractivity contribution in [2.24, 2.45) is 0 Å². The fourth-order valence-corrected chi connectivity index (χ4v) is 3.26. The van der Waals surface area contributed by atoms with E-state index in [-0.39, 0.29) is 17.8 Å². The minimum Gasteiger partial charge on any atom is -0.328 e. The molecular formula is C18H17FN4O. The van der Waals surface area contributed by atoms with Gasteiger partial charge in [-0.2, -0.15) is 0 Å². The quantitative estimate of drug-likeness (QED) is 0.727. The molecule has 4 rings (SSSR count). The number of pyridine rings is 1. The Hall–Kier alpha value is -2.76. The lowest BCUT2D eigenvalue weighted by Crippen LogP contribution is -2.31. The van der Waals surface area contributed by atoms with Gasteiger partial charge in [0.1, 0.15) is 5.82 Å². The highest BCUT2D eigenvalue weighted by Crippen LogP contribution is 2.32. The van der Waals surface area contributed by atoms with Crippen LogP contribution in [0.4, 0.5) is 4.39 Å². The van der Waals surface area contributed by atoms with Gasteiger partial charge >= 0.3 is 0 Å². The first-order chi connectivity index (χ1) is 11.6. The predicted octanol–water partition coefficient (Wildman–Crippen LogP) is 3.15. The molecule has 0 unspecified atom stereocenters. The molecule has 0 radical (unpaired) electrons. The second-order valence-electron chi connectivity index (χ2n) is 6.11. The Morgan fingerprint density at radius 3 is 2.96 bits per heavy atom. The molecule has 1 aliphatic rings. The van der Waals surface area contributed by atoms with Gasteiger partial charge in [-0.25, -0.2) is 4.39 Å². The van der Waals surface area contributed by atoms with Crippen molar-refractivity contribution in [1.29, 1.82) is 0 Å². The minimum atomic E-state index is -0.357. The Balaban J connectivity index is 1.69. The zero-order valence-corrected chi connectivity index (χ0v) is 13.3. The summed E-state index contributed by atoms with van der Waals surface area (Å²) in [6.07, 6.45) is 3.62. The van der Waals surface area contributed by atoms with Crippen LogP contribution >= 0.6 is 0 Å². The average molecular weight is 324 g/mol. The van der Waals surface area contributed by atoms with Crippen molar-refractivity contribution in [2.75, 3.05) is 6.54 Å². The van der Waals surface area contributed by atoms with Crippen LogP contribution in [0.3, 0.4) is 0 Å². The van der Waals surface area contributed by atoms with Crippen molar-refractivity contribution >= 4 is 11.6 Å². The molecule has 5 nitrogen and oxygen atoms in total. The fraction of sp³-hybridized carbons (Fsp3) is 0.278. The van der Waals surface area contributed by atoms with E-state index in [0.29, 0.717) is 17.7 Å². The van der Waals surface area contributed by atoms with E-state index in [9.17, 15) is 9.18 Å². The van der Waals surface area contributed by atoms with Crippen LogP contribution in [0, 0.1) is 12.7 Å². The second kappa shape index (κ2) is 5.70. The minimum absolute atomic E-state index is 0.140. The van der Waals surface area contributed by atoms with E-state index < -0.39 is 0 Å². The van der Waals surface area contributed by atoms with Crippen LogP contribution in [0.25, 0.3) is 5.65 Å². The Kier molecular flexibility index (Phi) is 3.52. The van der Waals surface area contributed by atoms with Crippen molar-refractivity contribution < 1.29 is 9.18 Å². The number of likely N-dealkylation sites (tertiary alicyclic amines) is 1. The summed E-state index contributed by atoms with van der Waals surface area (Å²) in [6, 6.07) is 10.2. The molecular weight excluding hydrogens is 307 g/mol. The summed E-state index contributed by atoms with van der Waals surface area (Å²) in [6.45, 7) is 2.32. The zero-order chi connectivity index (χ0) is 16.7. The molecule has 24 heavy (non-hydrogen) atoms. The molecule has 0 saturated carbocycles. The maximum Gasteiger partial charge on any atom is 0.254 e. The molecule has 1 amide bonds. The zero-order valence-electron chi connectivity index (χ0n) is 13.3. The third-order valence-corrected chi connectivity index (χ3v) is 4.57. The molecule has 3 aromatic rings. The number of nitrogens with zero attached hydrogens (tertiary/aromatic N) is 4. The fourth-order valence-electron chi connectivity index (χ4n) is 3.26. The molecule has 1 fully saturated rings. The van der Waals surface area contributed by atoms with Crippen molar-refractivity contribution in [3.63, 3.8) is 0 Å². The molecule has 1 saturated heterocycles. The topological polar surface area (TPSA) is 50.5 Å². The van der Waals surface area contributed by atoms with E-state index >= 15 is 0 Å². The maximum atomic E-state index is 13.8. The standard InChI is InChI=1S/C18H17FN4O/c1-12-7-8-13(11-14(12)19)18(24)22-10-4-5-15(22)17-21-20-16-6-2-3-9-23(16)17/h2-3,6-9,11,15H,4-5,10H2,1H3/t15-/m1/s1. The van der Waals surface area contributed by atoms with Crippen LogP contribution in [-0.2, 0) is 0 Å². The lowest BCUT2D eigenvalue weighted by Gasteiger charge is -2.23. The number of carbonyl (C=O) groups is 1. The van der Waals surface area contributed by atoms with Crippen LogP contribution in [0.2, 0.25) is 0 Å². The molecule has 6 heteroatoms. The monoisotopic (exact) mass is 324 g/mol. The third-order valence-electron chi connectivity index (χ3n) is 4.57. The molecule has 3 heterocycles. The number of amides is 1. The van der Waals surface area contributed by atoms with Gasteiger partial charge in [-0.1, -0.05) is 12.1 Å². The van der Waals surface area contributed by atoms with Crippen molar-refractivity contribution in [3.05, 3.63) is 65.4 Å². The number of halogens is 1. The van der Waals surface area contributed by atoms with E-state index in [1.165, 1.54) is 6.07 Å². The highest BCUT2D eigenvalue weighted by molar-refractivity contribution is 5.94. The van der Waals surface area contributed by atoms with Gasteiger partial charge in [0.25, 0.3) is 5.91 Å².